The number of aryl methyl sites for hydroxylation is 1. The fraction of sp³-hybridized carbons (Fsp3) is 0.333. The molecule has 1 aromatic heterocycles. The highest BCUT2D eigenvalue weighted by Gasteiger charge is 2.22. The van der Waals surface area contributed by atoms with Crippen LogP contribution >= 0.6 is 0 Å². The van der Waals surface area contributed by atoms with Gasteiger partial charge < -0.3 is 10.2 Å². The number of aromatic carboxylic acids is 1. The summed E-state index contributed by atoms with van der Waals surface area (Å²) < 4.78 is 0. The Morgan fingerprint density at radius 2 is 1.94 bits per heavy atom. The van der Waals surface area contributed by atoms with E-state index in [-0.39, 0.29) is 11.3 Å². The van der Waals surface area contributed by atoms with Gasteiger partial charge in [0.2, 0.25) is 0 Å². The van der Waals surface area contributed by atoms with Crippen molar-refractivity contribution in [3.8, 4) is 12.3 Å². The second-order valence-corrected chi connectivity index (χ2v) is 3.58. The first-order chi connectivity index (χ1) is 7.40. The van der Waals surface area contributed by atoms with Crippen molar-refractivity contribution in [3.63, 3.8) is 0 Å². The lowest BCUT2D eigenvalue weighted by atomic mass is 9.98. The molecule has 0 bridgehead atoms. The Morgan fingerprint density at radius 1 is 1.38 bits per heavy atom. The number of aliphatic hydroxyl groups excluding tert-OH is 1. The van der Waals surface area contributed by atoms with Crippen LogP contribution < -0.4 is 0 Å². The van der Waals surface area contributed by atoms with Crippen molar-refractivity contribution in [1.29, 1.82) is 0 Å². The summed E-state index contributed by atoms with van der Waals surface area (Å²) >= 11 is 0. The van der Waals surface area contributed by atoms with Gasteiger partial charge in [-0.15, -0.1) is 6.42 Å². The van der Waals surface area contributed by atoms with E-state index in [1.54, 1.807) is 20.8 Å². The largest absolute Gasteiger partial charge is 0.478 e. The minimum atomic E-state index is -1.29. The van der Waals surface area contributed by atoms with Crippen LogP contribution in [0.3, 0.4) is 0 Å². The summed E-state index contributed by atoms with van der Waals surface area (Å²) in [6.07, 6.45) is 3.79. The summed E-state index contributed by atoms with van der Waals surface area (Å²) in [7, 11) is 0. The number of carboxylic acid groups (broad SMARTS) is 1. The molecule has 1 aromatic rings. The van der Waals surface area contributed by atoms with Crippen LogP contribution in [0.15, 0.2) is 0 Å². The summed E-state index contributed by atoms with van der Waals surface area (Å²) in [4.78, 5) is 15.2. The number of aliphatic hydroxyl groups is 1. The number of terminal acetylenes is 1. The van der Waals surface area contributed by atoms with Crippen LogP contribution in [0.1, 0.15) is 39.0 Å². The molecule has 0 saturated heterocycles. The van der Waals surface area contributed by atoms with E-state index in [0.717, 1.165) is 5.56 Å². The molecular weight excluding hydrogens is 206 g/mol. The normalized spacial score (nSPS) is 11.9. The molecule has 0 spiro atoms. The quantitative estimate of drug-likeness (QED) is 0.737. The molecule has 84 valence electrons. The Bertz CT molecular complexity index is 486. The molecule has 1 rings (SSSR count). The first-order valence-electron chi connectivity index (χ1n) is 4.75. The highest BCUT2D eigenvalue weighted by molar-refractivity contribution is 5.91. The predicted octanol–water partition coefficient (Wildman–Crippen LogP) is 1.37. The average molecular weight is 219 g/mol. The maximum Gasteiger partial charge on any atom is 0.337 e. The van der Waals surface area contributed by atoms with Gasteiger partial charge in [-0.25, -0.2) is 4.79 Å². The van der Waals surface area contributed by atoms with Gasteiger partial charge in [0.05, 0.1) is 11.3 Å². The van der Waals surface area contributed by atoms with E-state index in [0.29, 0.717) is 11.3 Å². The van der Waals surface area contributed by atoms with Gasteiger partial charge in [-0.2, -0.15) is 0 Å². The standard InChI is InChI=1S/C12H13NO3/c1-5-9(14)11-10(12(15)16)7(3)6(2)8(4)13-11/h1,9,14H,2-4H3,(H,15,16). The minimum absolute atomic E-state index is 0.00597. The molecule has 2 N–H and O–H groups in total. The number of carboxylic acids is 1. The van der Waals surface area contributed by atoms with E-state index in [1.807, 2.05) is 0 Å². The zero-order chi connectivity index (χ0) is 12.5. The third-order valence-corrected chi connectivity index (χ3v) is 2.66. The van der Waals surface area contributed by atoms with Crippen molar-refractivity contribution < 1.29 is 15.0 Å². The molecule has 0 radical (unpaired) electrons. The summed E-state index contributed by atoms with van der Waals surface area (Å²) in [6, 6.07) is 0. The number of aromatic nitrogens is 1. The molecule has 16 heavy (non-hydrogen) atoms. The first-order valence-corrected chi connectivity index (χ1v) is 4.75. The van der Waals surface area contributed by atoms with E-state index >= 15 is 0 Å². The molecule has 1 unspecified atom stereocenters. The van der Waals surface area contributed by atoms with Gasteiger partial charge in [0.1, 0.15) is 0 Å². The average Bonchev–Trinajstić information content (AvgIpc) is 2.23. The molecular formula is C12H13NO3. The van der Waals surface area contributed by atoms with E-state index in [1.165, 1.54) is 0 Å². The summed E-state index contributed by atoms with van der Waals surface area (Å²) in [6.45, 7) is 5.22. The van der Waals surface area contributed by atoms with Crippen molar-refractivity contribution in [2.24, 2.45) is 0 Å². The van der Waals surface area contributed by atoms with Gasteiger partial charge in [-0.1, -0.05) is 5.92 Å². The van der Waals surface area contributed by atoms with E-state index in [2.05, 4.69) is 10.9 Å². The molecule has 1 atom stereocenters. The molecule has 0 saturated carbocycles. The lowest BCUT2D eigenvalue weighted by Crippen LogP contribution is -2.13. The van der Waals surface area contributed by atoms with E-state index < -0.39 is 12.1 Å². The van der Waals surface area contributed by atoms with Gasteiger partial charge in [-0.05, 0) is 31.9 Å². The van der Waals surface area contributed by atoms with Crippen LogP contribution in [0.5, 0.6) is 0 Å². The monoisotopic (exact) mass is 219 g/mol. The van der Waals surface area contributed by atoms with Gasteiger partial charge in [-0.3, -0.25) is 4.98 Å². The van der Waals surface area contributed by atoms with Gasteiger partial charge in [0.15, 0.2) is 6.10 Å². The van der Waals surface area contributed by atoms with Gasteiger partial charge in [0.25, 0.3) is 0 Å². The molecule has 0 fully saturated rings. The number of carbonyl (C=O) groups is 1. The highest BCUT2D eigenvalue weighted by atomic mass is 16.4. The van der Waals surface area contributed by atoms with Crippen LogP contribution in [0, 0.1) is 33.1 Å². The molecule has 0 aromatic carbocycles. The minimum Gasteiger partial charge on any atom is -0.478 e. The Kier molecular flexibility index (Phi) is 3.31. The number of hydrogen-bond acceptors (Lipinski definition) is 3. The van der Waals surface area contributed by atoms with Crippen LogP contribution in [-0.4, -0.2) is 21.2 Å². The van der Waals surface area contributed by atoms with Crippen molar-refractivity contribution in [2.75, 3.05) is 0 Å². The first kappa shape index (κ1) is 12.2. The summed E-state index contributed by atoms with van der Waals surface area (Å²) in [5.41, 5.74) is 2.09. The molecule has 0 amide bonds. The SMILES string of the molecule is C#CC(O)c1nc(C)c(C)c(C)c1C(=O)O. The molecule has 0 aliphatic heterocycles. The fourth-order valence-electron chi connectivity index (χ4n) is 1.52. The second kappa shape index (κ2) is 4.33. The maximum absolute atomic E-state index is 11.1. The lowest BCUT2D eigenvalue weighted by Gasteiger charge is -2.14. The van der Waals surface area contributed by atoms with Gasteiger partial charge >= 0.3 is 5.97 Å². The van der Waals surface area contributed by atoms with Crippen molar-refractivity contribution >= 4 is 5.97 Å². The summed E-state index contributed by atoms with van der Waals surface area (Å²) in [5.74, 6) is 0.953. The molecule has 4 heteroatoms. The van der Waals surface area contributed by atoms with Crippen molar-refractivity contribution in [1.82, 2.24) is 4.98 Å². The van der Waals surface area contributed by atoms with Crippen molar-refractivity contribution in [3.05, 3.63) is 28.1 Å². The Morgan fingerprint density at radius 3 is 2.38 bits per heavy atom. The number of pyridine rings is 1. The smallest absolute Gasteiger partial charge is 0.337 e. The Balaban J connectivity index is 3.61. The van der Waals surface area contributed by atoms with Crippen LogP contribution in [0.2, 0.25) is 0 Å². The lowest BCUT2D eigenvalue weighted by molar-refractivity contribution is 0.0690. The van der Waals surface area contributed by atoms with Crippen LogP contribution in [-0.2, 0) is 0 Å². The maximum atomic E-state index is 11.1. The third kappa shape index (κ3) is 1.90. The molecule has 0 aliphatic carbocycles. The van der Waals surface area contributed by atoms with Crippen LogP contribution in [0.4, 0.5) is 0 Å². The Hall–Kier alpha value is -1.86. The molecule has 4 nitrogen and oxygen atoms in total. The molecule has 1 heterocycles. The van der Waals surface area contributed by atoms with Crippen LogP contribution in [0.25, 0.3) is 0 Å². The third-order valence-electron chi connectivity index (χ3n) is 2.66. The molecule has 0 aliphatic rings. The summed E-state index contributed by atoms with van der Waals surface area (Å²) in [5, 5.41) is 18.6. The predicted molar refractivity (Wildman–Crippen MR) is 59.2 cm³/mol. The number of rotatable bonds is 2. The van der Waals surface area contributed by atoms with E-state index in [4.69, 9.17) is 11.5 Å². The Labute approximate surface area is 94.0 Å². The highest BCUT2D eigenvalue weighted by Crippen LogP contribution is 2.23. The topological polar surface area (TPSA) is 70.4 Å². The zero-order valence-corrected chi connectivity index (χ0v) is 9.40. The number of nitrogens with zero attached hydrogens (tertiary/aromatic N) is 1. The second-order valence-electron chi connectivity index (χ2n) is 3.58. The van der Waals surface area contributed by atoms with E-state index in [9.17, 15) is 9.90 Å². The fourth-order valence-corrected chi connectivity index (χ4v) is 1.52. The zero-order valence-electron chi connectivity index (χ0n) is 9.40. The van der Waals surface area contributed by atoms with Crippen molar-refractivity contribution in [2.45, 2.75) is 26.9 Å². The van der Waals surface area contributed by atoms with Gasteiger partial charge in [0, 0.05) is 5.69 Å². The number of hydrogen-bond donors (Lipinski definition) is 2.